The molecular formula is C19H36O5. The molecule has 0 aromatic rings. The molecule has 0 unspecified atom stereocenters. The SMILES string of the molecule is CCCCCCCCCCOC(=O)COCC(=O)OCC(C)(C)C. The number of rotatable bonds is 14. The van der Waals surface area contributed by atoms with Gasteiger partial charge >= 0.3 is 11.9 Å². The van der Waals surface area contributed by atoms with Crippen LogP contribution in [0.3, 0.4) is 0 Å². The van der Waals surface area contributed by atoms with E-state index in [0.29, 0.717) is 13.2 Å². The summed E-state index contributed by atoms with van der Waals surface area (Å²) in [6, 6.07) is 0. The van der Waals surface area contributed by atoms with Crippen molar-refractivity contribution in [1.29, 1.82) is 0 Å². The van der Waals surface area contributed by atoms with E-state index in [1.807, 2.05) is 20.8 Å². The van der Waals surface area contributed by atoms with Gasteiger partial charge in [-0.15, -0.1) is 0 Å². The first-order chi connectivity index (χ1) is 11.3. The lowest BCUT2D eigenvalue weighted by atomic mass is 9.99. The Morgan fingerprint density at radius 2 is 1.25 bits per heavy atom. The van der Waals surface area contributed by atoms with Gasteiger partial charge in [-0.05, 0) is 11.8 Å². The second kappa shape index (κ2) is 14.3. The minimum Gasteiger partial charge on any atom is -0.464 e. The second-order valence-electron chi connectivity index (χ2n) is 7.41. The number of ether oxygens (including phenoxy) is 3. The summed E-state index contributed by atoms with van der Waals surface area (Å²) in [7, 11) is 0. The molecule has 142 valence electrons. The van der Waals surface area contributed by atoms with Crippen molar-refractivity contribution >= 4 is 11.9 Å². The van der Waals surface area contributed by atoms with E-state index in [1.165, 1.54) is 38.5 Å². The Kier molecular flexibility index (Phi) is 13.6. The van der Waals surface area contributed by atoms with Crippen LogP contribution in [-0.2, 0) is 23.8 Å². The second-order valence-corrected chi connectivity index (χ2v) is 7.41. The zero-order chi connectivity index (χ0) is 18.3. The van der Waals surface area contributed by atoms with Gasteiger partial charge in [-0.2, -0.15) is 0 Å². The summed E-state index contributed by atoms with van der Waals surface area (Å²) in [4.78, 5) is 22.8. The van der Waals surface area contributed by atoms with Gasteiger partial charge in [0, 0.05) is 0 Å². The van der Waals surface area contributed by atoms with Crippen molar-refractivity contribution in [1.82, 2.24) is 0 Å². The van der Waals surface area contributed by atoms with Crippen LogP contribution < -0.4 is 0 Å². The van der Waals surface area contributed by atoms with Gasteiger partial charge in [0.05, 0.1) is 13.2 Å². The molecule has 0 N–H and O–H groups in total. The lowest BCUT2D eigenvalue weighted by Gasteiger charge is -2.17. The minimum absolute atomic E-state index is 0.0788. The molecule has 0 atom stereocenters. The average molecular weight is 344 g/mol. The van der Waals surface area contributed by atoms with E-state index in [2.05, 4.69) is 6.92 Å². The van der Waals surface area contributed by atoms with E-state index in [-0.39, 0.29) is 18.6 Å². The predicted molar refractivity (Wildman–Crippen MR) is 94.8 cm³/mol. The molecule has 0 aromatic carbocycles. The molecule has 24 heavy (non-hydrogen) atoms. The van der Waals surface area contributed by atoms with Gasteiger partial charge in [0.25, 0.3) is 0 Å². The molecule has 0 fully saturated rings. The van der Waals surface area contributed by atoms with Gasteiger partial charge in [0.1, 0.15) is 13.2 Å². The number of unbranched alkanes of at least 4 members (excludes halogenated alkanes) is 7. The predicted octanol–water partition coefficient (Wildman–Crippen LogP) is 4.28. The summed E-state index contributed by atoms with van der Waals surface area (Å²) in [5.74, 6) is -0.887. The van der Waals surface area contributed by atoms with E-state index in [4.69, 9.17) is 14.2 Å². The van der Waals surface area contributed by atoms with Crippen LogP contribution in [0, 0.1) is 5.41 Å². The van der Waals surface area contributed by atoms with Crippen LogP contribution >= 0.6 is 0 Å². The summed E-state index contributed by atoms with van der Waals surface area (Å²) in [5, 5.41) is 0. The number of hydrogen-bond donors (Lipinski definition) is 0. The highest BCUT2D eigenvalue weighted by molar-refractivity contribution is 5.73. The van der Waals surface area contributed by atoms with E-state index < -0.39 is 11.9 Å². The molecular weight excluding hydrogens is 308 g/mol. The van der Waals surface area contributed by atoms with E-state index in [0.717, 1.165) is 12.8 Å². The standard InChI is InChI=1S/C19H36O5/c1-5-6-7-8-9-10-11-12-13-23-17(20)14-22-15-18(21)24-16-19(2,3)4/h5-16H2,1-4H3. The number of carbonyl (C=O) groups excluding carboxylic acids is 2. The summed E-state index contributed by atoms with van der Waals surface area (Å²) >= 11 is 0. The molecule has 5 nitrogen and oxygen atoms in total. The molecule has 0 saturated heterocycles. The number of carbonyl (C=O) groups is 2. The normalized spacial score (nSPS) is 11.3. The molecule has 0 heterocycles. The summed E-state index contributed by atoms with van der Waals surface area (Å²) in [6.45, 7) is 8.47. The molecule has 0 bridgehead atoms. The van der Waals surface area contributed by atoms with Crippen molar-refractivity contribution in [3.63, 3.8) is 0 Å². The molecule has 0 aliphatic carbocycles. The smallest absolute Gasteiger partial charge is 0.332 e. The third-order valence-electron chi connectivity index (χ3n) is 3.37. The van der Waals surface area contributed by atoms with Crippen molar-refractivity contribution < 1.29 is 23.8 Å². The zero-order valence-electron chi connectivity index (χ0n) is 16.0. The van der Waals surface area contributed by atoms with Gasteiger partial charge in [-0.25, -0.2) is 9.59 Å². The van der Waals surface area contributed by atoms with Crippen LogP contribution in [-0.4, -0.2) is 38.4 Å². The maximum absolute atomic E-state index is 11.4. The Balaban J connectivity index is 3.39. The first kappa shape index (κ1) is 22.9. The topological polar surface area (TPSA) is 61.8 Å². The van der Waals surface area contributed by atoms with Crippen molar-refractivity contribution in [2.24, 2.45) is 5.41 Å². The summed E-state index contributed by atoms with van der Waals surface area (Å²) in [5.41, 5.74) is -0.0788. The summed E-state index contributed by atoms with van der Waals surface area (Å²) < 4.78 is 15.1. The minimum atomic E-state index is -0.458. The molecule has 0 amide bonds. The van der Waals surface area contributed by atoms with Crippen LogP contribution in [0.4, 0.5) is 0 Å². The maximum Gasteiger partial charge on any atom is 0.332 e. The van der Waals surface area contributed by atoms with Crippen LogP contribution in [0.5, 0.6) is 0 Å². The molecule has 0 radical (unpaired) electrons. The lowest BCUT2D eigenvalue weighted by Crippen LogP contribution is -2.23. The quantitative estimate of drug-likeness (QED) is 0.348. The zero-order valence-corrected chi connectivity index (χ0v) is 16.0. The van der Waals surface area contributed by atoms with Crippen molar-refractivity contribution in [2.45, 2.75) is 79.1 Å². The summed E-state index contributed by atoms with van der Waals surface area (Å²) in [6.07, 6.45) is 9.62. The van der Waals surface area contributed by atoms with Gasteiger partial charge < -0.3 is 14.2 Å². The van der Waals surface area contributed by atoms with Crippen molar-refractivity contribution in [3.05, 3.63) is 0 Å². The molecule has 5 heteroatoms. The largest absolute Gasteiger partial charge is 0.464 e. The van der Waals surface area contributed by atoms with E-state index >= 15 is 0 Å². The number of esters is 2. The van der Waals surface area contributed by atoms with Crippen LogP contribution in [0.1, 0.15) is 79.1 Å². The fourth-order valence-corrected chi connectivity index (χ4v) is 2.02. The maximum atomic E-state index is 11.4. The van der Waals surface area contributed by atoms with Crippen molar-refractivity contribution in [2.75, 3.05) is 26.4 Å². The fourth-order valence-electron chi connectivity index (χ4n) is 2.02. The Hall–Kier alpha value is -1.10. The Bertz CT molecular complexity index is 333. The third-order valence-corrected chi connectivity index (χ3v) is 3.37. The third kappa shape index (κ3) is 17.3. The van der Waals surface area contributed by atoms with E-state index in [1.54, 1.807) is 0 Å². The van der Waals surface area contributed by atoms with Crippen LogP contribution in [0.15, 0.2) is 0 Å². The highest BCUT2D eigenvalue weighted by Crippen LogP contribution is 2.12. The van der Waals surface area contributed by atoms with Gasteiger partial charge in [0.15, 0.2) is 0 Å². The van der Waals surface area contributed by atoms with Crippen molar-refractivity contribution in [3.8, 4) is 0 Å². The van der Waals surface area contributed by atoms with Crippen LogP contribution in [0.25, 0.3) is 0 Å². The number of hydrogen-bond acceptors (Lipinski definition) is 5. The Morgan fingerprint density at radius 3 is 1.79 bits per heavy atom. The molecule has 0 saturated carbocycles. The highest BCUT2D eigenvalue weighted by Gasteiger charge is 2.14. The molecule has 0 rings (SSSR count). The molecule has 0 aromatic heterocycles. The molecule has 0 aliphatic heterocycles. The Labute approximate surface area is 147 Å². The first-order valence-electron chi connectivity index (χ1n) is 9.24. The van der Waals surface area contributed by atoms with Gasteiger partial charge in [0.2, 0.25) is 0 Å². The Morgan fingerprint density at radius 1 is 0.750 bits per heavy atom. The average Bonchev–Trinajstić information content (AvgIpc) is 2.50. The first-order valence-corrected chi connectivity index (χ1v) is 9.24. The van der Waals surface area contributed by atoms with Gasteiger partial charge in [-0.3, -0.25) is 0 Å². The lowest BCUT2D eigenvalue weighted by molar-refractivity contribution is -0.157. The highest BCUT2D eigenvalue weighted by atomic mass is 16.6. The van der Waals surface area contributed by atoms with Gasteiger partial charge in [-0.1, -0.05) is 72.6 Å². The molecule has 0 spiro atoms. The van der Waals surface area contributed by atoms with E-state index in [9.17, 15) is 9.59 Å². The van der Waals surface area contributed by atoms with Crippen LogP contribution in [0.2, 0.25) is 0 Å². The fraction of sp³-hybridized carbons (Fsp3) is 0.895. The monoisotopic (exact) mass is 344 g/mol. The molecule has 0 aliphatic rings.